The van der Waals surface area contributed by atoms with E-state index in [-0.39, 0.29) is 5.91 Å². The van der Waals surface area contributed by atoms with E-state index in [1.54, 1.807) is 17.3 Å². The van der Waals surface area contributed by atoms with Gasteiger partial charge in [0.25, 0.3) is 0 Å². The second kappa shape index (κ2) is 7.15. The molecular formula is C20H21N5OS. The van der Waals surface area contributed by atoms with Crippen LogP contribution in [0, 0.1) is 0 Å². The van der Waals surface area contributed by atoms with Gasteiger partial charge in [0.1, 0.15) is 4.75 Å². The number of hydrogen-bond donors (Lipinski definition) is 0. The summed E-state index contributed by atoms with van der Waals surface area (Å²) in [5.74, 6) is 0.900. The van der Waals surface area contributed by atoms with Crippen LogP contribution in [0.4, 0.5) is 5.69 Å². The van der Waals surface area contributed by atoms with Crippen LogP contribution in [0.2, 0.25) is 0 Å². The average molecular weight is 379 g/mol. The number of pyridine rings is 1. The summed E-state index contributed by atoms with van der Waals surface area (Å²) in [5.41, 5.74) is 1.87. The molecule has 0 N–H and O–H groups in total. The third-order valence-electron chi connectivity index (χ3n) is 5.06. The lowest BCUT2D eigenvalue weighted by molar-refractivity contribution is -0.122. The van der Waals surface area contributed by atoms with E-state index in [9.17, 15) is 4.79 Å². The van der Waals surface area contributed by atoms with Gasteiger partial charge >= 0.3 is 0 Å². The third-order valence-corrected chi connectivity index (χ3v) is 6.57. The molecule has 0 radical (unpaired) electrons. The molecule has 7 heteroatoms. The molecule has 0 unspecified atom stereocenters. The maximum Gasteiger partial charge on any atom is 0.243 e. The van der Waals surface area contributed by atoms with E-state index >= 15 is 0 Å². The highest BCUT2D eigenvalue weighted by molar-refractivity contribution is 8.01. The second-order valence-electron chi connectivity index (χ2n) is 6.75. The largest absolute Gasteiger partial charge is 0.314 e. The lowest BCUT2D eigenvalue weighted by atomic mass is 9.83. The van der Waals surface area contributed by atoms with Crippen molar-refractivity contribution in [3.8, 4) is 11.4 Å². The number of carbonyl (C=O) groups is 1. The number of para-hydroxylation sites is 1. The monoisotopic (exact) mass is 379 g/mol. The Balaban J connectivity index is 1.59. The first-order chi connectivity index (χ1) is 13.1. The Morgan fingerprint density at radius 3 is 2.44 bits per heavy atom. The van der Waals surface area contributed by atoms with Crippen LogP contribution in [0.25, 0.3) is 11.4 Å². The van der Waals surface area contributed by atoms with Crippen LogP contribution in [-0.4, -0.2) is 37.5 Å². The van der Waals surface area contributed by atoms with Gasteiger partial charge in [0.05, 0.1) is 0 Å². The van der Waals surface area contributed by atoms with Crippen LogP contribution in [0.1, 0.15) is 19.3 Å². The molecule has 138 valence electrons. The van der Waals surface area contributed by atoms with Crippen LogP contribution in [0.15, 0.2) is 60.0 Å². The molecule has 0 saturated heterocycles. The molecule has 1 fully saturated rings. The Hall–Kier alpha value is -2.67. The van der Waals surface area contributed by atoms with E-state index in [2.05, 4.69) is 15.2 Å². The predicted molar refractivity (Wildman–Crippen MR) is 107 cm³/mol. The Morgan fingerprint density at radius 1 is 1.11 bits per heavy atom. The van der Waals surface area contributed by atoms with Gasteiger partial charge in [-0.3, -0.25) is 9.78 Å². The van der Waals surface area contributed by atoms with Gasteiger partial charge in [-0.15, -0.1) is 10.2 Å². The fraction of sp³-hybridized carbons (Fsp3) is 0.300. The summed E-state index contributed by atoms with van der Waals surface area (Å²) in [5, 5.41) is 9.45. The number of amides is 1. The second-order valence-corrected chi connectivity index (χ2v) is 8.10. The Bertz CT molecular complexity index is 938. The van der Waals surface area contributed by atoms with Crippen molar-refractivity contribution in [3.63, 3.8) is 0 Å². The molecule has 3 aromatic rings. The Kier molecular flexibility index (Phi) is 4.70. The van der Waals surface area contributed by atoms with Crippen molar-refractivity contribution < 1.29 is 4.79 Å². The van der Waals surface area contributed by atoms with Crippen LogP contribution in [-0.2, 0) is 11.8 Å². The minimum Gasteiger partial charge on any atom is -0.314 e. The minimum atomic E-state index is -0.471. The van der Waals surface area contributed by atoms with Crippen molar-refractivity contribution in [3.05, 3.63) is 54.9 Å². The zero-order valence-corrected chi connectivity index (χ0v) is 16.2. The number of benzene rings is 1. The van der Waals surface area contributed by atoms with Gasteiger partial charge in [-0.25, -0.2) is 0 Å². The number of carbonyl (C=O) groups excluding carboxylic acids is 1. The van der Waals surface area contributed by atoms with E-state index in [1.165, 1.54) is 11.8 Å². The standard InChI is InChI=1S/C20H21N5OS/c1-24(16-7-4-3-5-8-16)18(26)20(11-6-12-20)27-19-23-22-17(25(19)2)15-9-13-21-14-10-15/h3-5,7-10,13-14H,6,11-12H2,1-2H3. The minimum absolute atomic E-state index is 0.124. The summed E-state index contributed by atoms with van der Waals surface area (Å²) < 4.78 is 1.48. The number of aromatic nitrogens is 4. The zero-order valence-electron chi connectivity index (χ0n) is 15.4. The van der Waals surface area contributed by atoms with E-state index in [0.29, 0.717) is 0 Å². The SMILES string of the molecule is CN(C(=O)C1(Sc2nnc(-c3ccncc3)n2C)CCC1)c1ccccc1. The number of anilines is 1. The van der Waals surface area contributed by atoms with Gasteiger partial charge in [0.15, 0.2) is 11.0 Å². The van der Waals surface area contributed by atoms with Crippen LogP contribution in [0.5, 0.6) is 0 Å². The topological polar surface area (TPSA) is 63.9 Å². The van der Waals surface area contributed by atoms with E-state index in [0.717, 1.165) is 41.5 Å². The van der Waals surface area contributed by atoms with Gasteiger partial charge < -0.3 is 9.47 Å². The van der Waals surface area contributed by atoms with Gasteiger partial charge in [-0.1, -0.05) is 30.0 Å². The molecule has 1 aromatic carbocycles. The third kappa shape index (κ3) is 3.23. The highest BCUT2D eigenvalue weighted by Crippen LogP contribution is 2.48. The van der Waals surface area contributed by atoms with Crippen molar-refractivity contribution in [2.24, 2.45) is 7.05 Å². The van der Waals surface area contributed by atoms with E-state index < -0.39 is 4.75 Å². The molecule has 0 atom stereocenters. The molecule has 0 bridgehead atoms. The number of rotatable bonds is 5. The summed E-state index contributed by atoms with van der Waals surface area (Å²) in [6, 6.07) is 13.6. The molecule has 1 aliphatic carbocycles. The van der Waals surface area contributed by atoms with Gasteiger partial charge in [-0.2, -0.15) is 0 Å². The molecular weight excluding hydrogens is 358 g/mol. The number of hydrogen-bond acceptors (Lipinski definition) is 5. The summed E-state index contributed by atoms with van der Waals surface area (Å²) in [4.78, 5) is 19.1. The molecule has 6 nitrogen and oxygen atoms in total. The average Bonchev–Trinajstić information content (AvgIpc) is 3.05. The van der Waals surface area contributed by atoms with Crippen molar-refractivity contribution in [2.75, 3.05) is 11.9 Å². The number of thioether (sulfide) groups is 1. The van der Waals surface area contributed by atoms with E-state index in [1.807, 2.05) is 61.1 Å². The summed E-state index contributed by atoms with van der Waals surface area (Å²) in [6.45, 7) is 0. The molecule has 1 amide bonds. The normalized spacial score (nSPS) is 15.2. The van der Waals surface area contributed by atoms with Crippen molar-refractivity contribution in [1.82, 2.24) is 19.7 Å². The maximum absolute atomic E-state index is 13.3. The fourth-order valence-electron chi connectivity index (χ4n) is 3.26. The lowest BCUT2D eigenvalue weighted by Crippen LogP contribution is -2.50. The highest BCUT2D eigenvalue weighted by Gasteiger charge is 2.48. The summed E-state index contributed by atoms with van der Waals surface area (Å²) in [7, 11) is 3.78. The lowest BCUT2D eigenvalue weighted by Gasteiger charge is -2.41. The fourth-order valence-corrected chi connectivity index (χ4v) is 4.63. The summed E-state index contributed by atoms with van der Waals surface area (Å²) in [6.07, 6.45) is 6.23. The Labute approximate surface area is 162 Å². The first-order valence-electron chi connectivity index (χ1n) is 8.93. The first kappa shape index (κ1) is 17.7. The van der Waals surface area contributed by atoms with Crippen LogP contribution in [0.3, 0.4) is 0 Å². The first-order valence-corrected chi connectivity index (χ1v) is 9.74. The summed E-state index contributed by atoms with van der Waals surface area (Å²) >= 11 is 1.53. The molecule has 2 heterocycles. The van der Waals surface area contributed by atoms with Gasteiger partial charge in [0, 0.05) is 37.7 Å². The van der Waals surface area contributed by atoms with Crippen molar-refractivity contribution >= 4 is 23.4 Å². The van der Waals surface area contributed by atoms with Crippen molar-refractivity contribution in [2.45, 2.75) is 29.2 Å². The molecule has 1 saturated carbocycles. The molecule has 1 aliphatic rings. The molecule has 0 spiro atoms. The van der Waals surface area contributed by atoms with Gasteiger partial charge in [-0.05, 0) is 43.5 Å². The smallest absolute Gasteiger partial charge is 0.243 e. The maximum atomic E-state index is 13.3. The van der Waals surface area contributed by atoms with Gasteiger partial charge in [0.2, 0.25) is 5.91 Å². The predicted octanol–water partition coefficient (Wildman–Crippen LogP) is 3.55. The number of nitrogens with zero attached hydrogens (tertiary/aromatic N) is 5. The van der Waals surface area contributed by atoms with Crippen LogP contribution < -0.4 is 4.90 Å². The Morgan fingerprint density at radius 2 is 1.81 bits per heavy atom. The molecule has 27 heavy (non-hydrogen) atoms. The molecule has 0 aliphatic heterocycles. The molecule has 2 aromatic heterocycles. The molecule has 4 rings (SSSR count). The van der Waals surface area contributed by atoms with E-state index in [4.69, 9.17) is 0 Å². The zero-order chi connectivity index (χ0) is 18.9. The van der Waals surface area contributed by atoms with Crippen LogP contribution >= 0.6 is 11.8 Å². The highest BCUT2D eigenvalue weighted by atomic mass is 32.2. The quantitative estimate of drug-likeness (QED) is 0.678. The van der Waals surface area contributed by atoms with Crippen molar-refractivity contribution in [1.29, 1.82) is 0 Å².